The summed E-state index contributed by atoms with van der Waals surface area (Å²) in [4.78, 5) is 0. The van der Waals surface area contributed by atoms with E-state index in [1.807, 2.05) is 0 Å². The van der Waals surface area contributed by atoms with Crippen molar-refractivity contribution in [1.29, 1.82) is 0 Å². The Hall–Kier alpha value is -0.960. The lowest BCUT2D eigenvalue weighted by molar-refractivity contribution is -0.00411. The summed E-state index contributed by atoms with van der Waals surface area (Å²) in [5.74, 6) is -2.77. The van der Waals surface area contributed by atoms with Gasteiger partial charge in [-0.15, -0.1) is 0 Å². The number of hydrogen-bond acceptors (Lipinski definition) is 1. The van der Waals surface area contributed by atoms with Crippen LogP contribution in [0.5, 0.6) is 0 Å². The number of benzene rings is 1. The van der Waals surface area contributed by atoms with Crippen molar-refractivity contribution in [1.82, 2.24) is 5.32 Å². The third-order valence-electron chi connectivity index (χ3n) is 3.75. The number of rotatable bonds is 6. The smallest absolute Gasteiger partial charge is 0.285 e. The van der Waals surface area contributed by atoms with Gasteiger partial charge >= 0.3 is 0 Å². The van der Waals surface area contributed by atoms with Gasteiger partial charge in [0, 0.05) is 12.1 Å². The van der Waals surface area contributed by atoms with Crippen molar-refractivity contribution in [3.8, 4) is 0 Å². The van der Waals surface area contributed by atoms with E-state index < -0.39 is 5.92 Å². The van der Waals surface area contributed by atoms with Crippen LogP contribution < -0.4 is 5.32 Å². The van der Waals surface area contributed by atoms with Gasteiger partial charge in [0.05, 0.1) is 6.54 Å². The maximum absolute atomic E-state index is 13.8. The molecule has 1 fully saturated rings. The molecule has 0 radical (unpaired) electrons. The highest BCUT2D eigenvalue weighted by atomic mass is 19.3. The Balaban J connectivity index is 1.85. The highest BCUT2D eigenvalue weighted by Crippen LogP contribution is 2.47. The quantitative estimate of drug-likeness (QED) is 0.800. The second-order valence-electron chi connectivity index (χ2n) is 5.03. The normalized spacial score (nSPS) is 18.1. The van der Waals surface area contributed by atoms with Crippen LogP contribution in [0.1, 0.15) is 31.7 Å². The van der Waals surface area contributed by atoms with Gasteiger partial charge in [-0.05, 0) is 24.7 Å². The van der Waals surface area contributed by atoms with Crippen molar-refractivity contribution in [2.45, 2.75) is 32.1 Å². The maximum Gasteiger partial charge on any atom is 0.285 e. The van der Waals surface area contributed by atoms with Gasteiger partial charge in [-0.25, -0.2) is 0 Å². The number of alkyl halides is 2. The second-order valence-corrected chi connectivity index (χ2v) is 5.03. The Morgan fingerprint density at radius 1 is 1.24 bits per heavy atom. The molecule has 17 heavy (non-hydrogen) atoms. The van der Waals surface area contributed by atoms with E-state index in [1.165, 1.54) is 25.0 Å². The van der Waals surface area contributed by atoms with Crippen LogP contribution in [0.2, 0.25) is 0 Å². The lowest BCUT2D eigenvalue weighted by Crippen LogP contribution is -2.34. The van der Waals surface area contributed by atoms with E-state index in [-0.39, 0.29) is 12.1 Å². The van der Waals surface area contributed by atoms with Gasteiger partial charge < -0.3 is 5.32 Å². The zero-order valence-corrected chi connectivity index (χ0v) is 10.2. The first-order valence-corrected chi connectivity index (χ1v) is 6.22. The Bertz CT molecular complexity index is 358. The predicted molar refractivity (Wildman–Crippen MR) is 65.2 cm³/mol. The molecule has 0 amide bonds. The van der Waals surface area contributed by atoms with Crippen LogP contribution in [0.3, 0.4) is 0 Å². The molecule has 1 saturated carbocycles. The number of nitrogens with one attached hydrogen (secondary N) is 1. The van der Waals surface area contributed by atoms with E-state index in [2.05, 4.69) is 12.2 Å². The molecular formula is C14H19F2N. The Labute approximate surface area is 101 Å². The molecule has 2 rings (SSSR count). The van der Waals surface area contributed by atoms with Crippen molar-refractivity contribution in [2.24, 2.45) is 5.41 Å². The molecule has 1 N–H and O–H groups in total. The lowest BCUT2D eigenvalue weighted by Gasteiger charge is -2.20. The lowest BCUT2D eigenvalue weighted by atomic mass is 10.0. The molecule has 0 saturated heterocycles. The average molecular weight is 239 g/mol. The van der Waals surface area contributed by atoms with Crippen molar-refractivity contribution < 1.29 is 8.78 Å². The molecule has 3 heteroatoms. The van der Waals surface area contributed by atoms with Gasteiger partial charge in [-0.1, -0.05) is 37.3 Å². The molecule has 1 aliphatic carbocycles. The molecule has 1 aromatic rings. The molecule has 0 aliphatic heterocycles. The average Bonchev–Trinajstić information content (AvgIpc) is 3.11. The molecule has 0 aromatic heterocycles. The minimum atomic E-state index is -2.77. The van der Waals surface area contributed by atoms with E-state index in [4.69, 9.17) is 0 Å². The van der Waals surface area contributed by atoms with E-state index in [9.17, 15) is 8.78 Å². The summed E-state index contributed by atoms with van der Waals surface area (Å²) < 4.78 is 27.6. The van der Waals surface area contributed by atoms with E-state index >= 15 is 0 Å². The molecule has 94 valence electrons. The van der Waals surface area contributed by atoms with Crippen molar-refractivity contribution >= 4 is 0 Å². The van der Waals surface area contributed by atoms with Crippen LogP contribution in [0, 0.1) is 5.41 Å². The van der Waals surface area contributed by atoms with Gasteiger partial charge in [-0.2, -0.15) is 8.78 Å². The molecule has 1 nitrogen and oxygen atoms in total. The molecule has 1 aliphatic rings. The molecule has 0 heterocycles. The van der Waals surface area contributed by atoms with Crippen LogP contribution in [-0.2, 0) is 5.92 Å². The monoisotopic (exact) mass is 239 g/mol. The number of halogens is 2. The minimum Gasteiger partial charge on any atom is -0.310 e. The summed E-state index contributed by atoms with van der Waals surface area (Å²) in [7, 11) is 0. The fourth-order valence-corrected chi connectivity index (χ4v) is 2.10. The molecule has 0 atom stereocenters. The van der Waals surface area contributed by atoms with E-state index in [0.29, 0.717) is 12.0 Å². The summed E-state index contributed by atoms with van der Waals surface area (Å²) in [6, 6.07) is 8.02. The largest absolute Gasteiger partial charge is 0.310 e. The van der Waals surface area contributed by atoms with Gasteiger partial charge in [0.2, 0.25) is 0 Å². The summed E-state index contributed by atoms with van der Waals surface area (Å²) in [6.07, 6.45) is 3.43. The Morgan fingerprint density at radius 3 is 2.41 bits per heavy atom. The Morgan fingerprint density at radius 2 is 1.88 bits per heavy atom. The van der Waals surface area contributed by atoms with Crippen molar-refractivity contribution in [3.05, 3.63) is 35.9 Å². The highest BCUT2D eigenvalue weighted by molar-refractivity contribution is 5.20. The third-order valence-corrected chi connectivity index (χ3v) is 3.75. The van der Waals surface area contributed by atoms with Crippen molar-refractivity contribution in [3.63, 3.8) is 0 Å². The van der Waals surface area contributed by atoms with Crippen molar-refractivity contribution in [2.75, 3.05) is 13.1 Å². The van der Waals surface area contributed by atoms with Crippen LogP contribution in [-0.4, -0.2) is 13.1 Å². The maximum atomic E-state index is 13.8. The minimum absolute atomic E-state index is 0.0915. The fourth-order valence-electron chi connectivity index (χ4n) is 2.10. The summed E-state index contributed by atoms with van der Waals surface area (Å²) in [6.45, 7) is 2.58. The number of hydrogen-bond donors (Lipinski definition) is 1. The summed E-state index contributed by atoms with van der Waals surface area (Å²) >= 11 is 0. The van der Waals surface area contributed by atoms with Crippen LogP contribution in [0.25, 0.3) is 0 Å². The molecule has 0 bridgehead atoms. The Kier molecular flexibility index (Phi) is 3.48. The highest BCUT2D eigenvalue weighted by Gasteiger charge is 2.41. The standard InChI is InChI=1S/C14H19F2N/c1-2-13(8-9-13)10-17-11-14(15,16)12-6-4-3-5-7-12/h3-7,17H,2,8-11H2,1H3. The molecule has 1 aromatic carbocycles. The third kappa shape index (κ3) is 3.03. The van der Waals surface area contributed by atoms with E-state index in [1.54, 1.807) is 18.2 Å². The SMILES string of the molecule is CCC1(CNCC(F)(F)c2ccccc2)CC1. The van der Waals surface area contributed by atoms with E-state index in [0.717, 1.165) is 6.42 Å². The predicted octanol–water partition coefficient (Wildman–Crippen LogP) is 3.56. The van der Waals surface area contributed by atoms with Crippen LogP contribution >= 0.6 is 0 Å². The van der Waals surface area contributed by atoms with Crippen LogP contribution in [0.4, 0.5) is 8.78 Å². The van der Waals surface area contributed by atoms with Gasteiger partial charge in [0.25, 0.3) is 5.92 Å². The fraction of sp³-hybridized carbons (Fsp3) is 0.571. The summed E-state index contributed by atoms with van der Waals surface area (Å²) in [5.41, 5.74) is 0.404. The summed E-state index contributed by atoms with van der Waals surface area (Å²) in [5, 5.41) is 2.93. The van der Waals surface area contributed by atoms with Gasteiger partial charge in [-0.3, -0.25) is 0 Å². The topological polar surface area (TPSA) is 12.0 Å². The first kappa shape index (κ1) is 12.5. The molecular weight excluding hydrogens is 220 g/mol. The first-order valence-electron chi connectivity index (χ1n) is 6.22. The second kappa shape index (κ2) is 4.73. The van der Waals surface area contributed by atoms with Crippen LogP contribution in [0.15, 0.2) is 30.3 Å². The zero-order valence-electron chi connectivity index (χ0n) is 10.2. The zero-order chi connectivity index (χ0) is 12.4. The molecule has 0 spiro atoms. The first-order chi connectivity index (χ1) is 8.08. The van der Waals surface area contributed by atoms with Gasteiger partial charge in [0.15, 0.2) is 0 Å². The van der Waals surface area contributed by atoms with Gasteiger partial charge in [0.1, 0.15) is 0 Å². The molecule has 0 unspecified atom stereocenters.